The summed E-state index contributed by atoms with van der Waals surface area (Å²) in [6, 6.07) is 5.43. The third-order valence-corrected chi connectivity index (χ3v) is 2.44. The van der Waals surface area contributed by atoms with Crippen LogP contribution in [0.4, 0.5) is 0 Å². The van der Waals surface area contributed by atoms with Crippen LogP contribution in [0, 0.1) is 5.92 Å². The van der Waals surface area contributed by atoms with Gasteiger partial charge < -0.3 is 10.0 Å². The van der Waals surface area contributed by atoms with E-state index in [1.165, 1.54) is 11.8 Å². The second kappa shape index (κ2) is 5.98. The van der Waals surface area contributed by atoms with Crippen molar-refractivity contribution in [2.75, 3.05) is 6.54 Å². The van der Waals surface area contributed by atoms with Crippen LogP contribution in [0.1, 0.15) is 19.5 Å². The van der Waals surface area contributed by atoms with Crippen LogP contribution in [0.15, 0.2) is 24.4 Å². The molecule has 1 aromatic rings. The first-order valence-corrected chi connectivity index (χ1v) is 5.39. The minimum absolute atomic E-state index is 0.149. The number of carboxylic acids is 1. The van der Waals surface area contributed by atoms with Gasteiger partial charge in [0.05, 0.1) is 18.2 Å². The molecular formula is C12H16N2O3. The lowest BCUT2D eigenvalue weighted by molar-refractivity contribution is -0.143. The molecule has 1 N–H and O–H groups in total. The number of carbonyl (C=O) groups is 2. The van der Waals surface area contributed by atoms with Crippen molar-refractivity contribution in [2.45, 2.75) is 20.4 Å². The first kappa shape index (κ1) is 13.2. The highest BCUT2D eigenvalue weighted by molar-refractivity contribution is 5.75. The Morgan fingerprint density at radius 3 is 2.65 bits per heavy atom. The molecule has 0 aliphatic rings. The Kier molecular flexibility index (Phi) is 4.63. The van der Waals surface area contributed by atoms with Crippen LogP contribution in [0.3, 0.4) is 0 Å². The number of pyridine rings is 1. The first-order chi connectivity index (χ1) is 8.00. The normalized spacial score (nSPS) is 11.9. The number of carbonyl (C=O) groups excluding carboxylic acids is 1. The molecule has 5 heteroatoms. The number of carboxylic acid groups (broad SMARTS) is 1. The summed E-state index contributed by atoms with van der Waals surface area (Å²) >= 11 is 0. The number of aromatic nitrogens is 1. The Balaban J connectivity index is 2.67. The molecule has 0 bridgehead atoms. The van der Waals surface area contributed by atoms with E-state index in [1.54, 1.807) is 25.3 Å². The van der Waals surface area contributed by atoms with Crippen molar-refractivity contribution >= 4 is 11.9 Å². The molecular weight excluding hydrogens is 220 g/mol. The lowest BCUT2D eigenvalue weighted by atomic mass is 10.1. The van der Waals surface area contributed by atoms with Gasteiger partial charge in [0, 0.05) is 19.7 Å². The van der Waals surface area contributed by atoms with E-state index in [1.807, 2.05) is 6.07 Å². The number of nitrogens with zero attached hydrogens (tertiary/aromatic N) is 2. The van der Waals surface area contributed by atoms with Crippen molar-refractivity contribution in [1.82, 2.24) is 9.88 Å². The van der Waals surface area contributed by atoms with Gasteiger partial charge in [-0.15, -0.1) is 0 Å². The number of amides is 1. The van der Waals surface area contributed by atoms with Crippen LogP contribution < -0.4 is 0 Å². The molecule has 0 aromatic carbocycles. The minimum Gasteiger partial charge on any atom is -0.481 e. The third-order valence-electron chi connectivity index (χ3n) is 2.44. The summed E-state index contributed by atoms with van der Waals surface area (Å²) in [4.78, 5) is 27.8. The van der Waals surface area contributed by atoms with Crippen molar-refractivity contribution in [3.05, 3.63) is 30.1 Å². The van der Waals surface area contributed by atoms with E-state index >= 15 is 0 Å². The minimum atomic E-state index is -0.905. The zero-order valence-electron chi connectivity index (χ0n) is 9.96. The van der Waals surface area contributed by atoms with Gasteiger partial charge in [-0.1, -0.05) is 13.0 Å². The van der Waals surface area contributed by atoms with Crippen molar-refractivity contribution in [3.63, 3.8) is 0 Å². The van der Waals surface area contributed by atoms with Crippen LogP contribution in [0.25, 0.3) is 0 Å². The van der Waals surface area contributed by atoms with Gasteiger partial charge in [0.2, 0.25) is 5.91 Å². The molecule has 0 fully saturated rings. The third kappa shape index (κ3) is 4.22. The molecule has 5 nitrogen and oxygen atoms in total. The van der Waals surface area contributed by atoms with E-state index < -0.39 is 11.9 Å². The molecule has 0 spiro atoms. The number of rotatable bonds is 5. The van der Waals surface area contributed by atoms with Gasteiger partial charge >= 0.3 is 5.97 Å². The van der Waals surface area contributed by atoms with E-state index in [0.29, 0.717) is 6.54 Å². The average Bonchev–Trinajstić information content (AvgIpc) is 2.29. The lowest BCUT2D eigenvalue weighted by Crippen LogP contribution is -2.35. The second-order valence-electron chi connectivity index (χ2n) is 3.96. The van der Waals surface area contributed by atoms with Gasteiger partial charge in [-0.2, -0.15) is 0 Å². The number of aliphatic carboxylic acids is 1. The second-order valence-corrected chi connectivity index (χ2v) is 3.96. The van der Waals surface area contributed by atoms with E-state index in [9.17, 15) is 9.59 Å². The number of hydrogen-bond donors (Lipinski definition) is 1. The Hall–Kier alpha value is -1.91. The molecule has 0 saturated carbocycles. The molecule has 17 heavy (non-hydrogen) atoms. The van der Waals surface area contributed by atoms with E-state index in [-0.39, 0.29) is 12.5 Å². The SMILES string of the molecule is CC(=O)N(Cc1ccccn1)CC(C)C(=O)O. The van der Waals surface area contributed by atoms with E-state index in [0.717, 1.165) is 5.69 Å². The first-order valence-electron chi connectivity index (χ1n) is 5.39. The van der Waals surface area contributed by atoms with E-state index in [4.69, 9.17) is 5.11 Å². The largest absolute Gasteiger partial charge is 0.481 e. The Bertz CT molecular complexity index is 392. The quantitative estimate of drug-likeness (QED) is 0.832. The molecule has 1 heterocycles. The fraction of sp³-hybridized carbons (Fsp3) is 0.417. The van der Waals surface area contributed by atoms with Gasteiger partial charge in [0.25, 0.3) is 0 Å². The highest BCUT2D eigenvalue weighted by atomic mass is 16.4. The highest BCUT2D eigenvalue weighted by Crippen LogP contribution is 2.06. The molecule has 0 saturated heterocycles. The number of hydrogen-bond acceptors (Lipinski definition) is 3. The molecule has 1 amide bonds. The van der Waals surface area contributed by atoms with Crippen molar-refractivity contribution in [1.29, 1.82) is 0 Å². The summed E-state index contributed by atoms with van der Waals surface area (Å²) in [5, 5.41) is 8.83. The zero-order valence-corrected chi connectivity index (χ0v) is 9.96. The van der Waals surface area contributed by atoms with Crippen molar-refractivity contribution < 1.29 is 14.7 Å². The monoisotopic (exact) mass is 236 g/mol. The molecule has 0 radical (unpaired) electrons. The molecule has 1 atom stereocenters. The maximum absolute atomic E-state index is 11.4. The Labute approximate surface area is 100 Å². The topological polar surface area (TPSA) is 70.5 Å². The summed E-state index contributed by atoms with van der Waals surface area (Å²) < 4.78 is 0. The zero-order chi connectivity index (χ0) is 12.8. The summed E-state index contributed by atoms with van der Waals surface area (Å²) in [6.45, 7) is 3.54. The molecule has 1 unspecified atom stereocenters. The van der Waals surface area contributed by atoms with Crippen LogP contribution >= 0.6 is 0 Å². The maximum Gasteiger partial charge on any atom is 0.308 e. The van der Waals surface area contributed by atoms with Crippen LogP contribution in [0.5, 0.6) is 0 Å². The fourth-order valence-corrected chi connectivity index (χ4v) is 1.40. The summed E-state index contributed by atoms with van der Waals surface area (Å²) in [7, 11) is 0. The van der Waals surface area contributed by atoms with Crippen LogP contribution in [-0.2, 0) is 16.1 Å². The van der Waals surface area contributed by atoms with Gasteiger partial charge in [0.15, 0.2) is 0 Å². The van der Waals surface area contributed by atoms with Gasteiger partial charge in [-0.05, 0) is 12.1 Å². The van der Waals surface area contributed by atoms with Gasteiger partial charge in [-0.25, -0.2) is 0 Å². The fourth-order valence-electron chi connectivity index (χ4n) is 1.40. The highest BCUT2D eigenvalue weighted by Gasteiger charge is 2.18. The summed E-state index contributed by atoms with van der Waals surface area (Å²) in [6.07, 6.45) is 1.65. The van der Waals surface area contributed by atoms with Crippen LogP contribution in [0.2, 0.25) is 0 Å². The molecule has 1 rings (SSSR count). The smallest absolute Gasteiger partial charge is 0.308 e. The molecule has 0 aliphatic carbocycles. The van der Waals surface area contributed by atoms with E-state index in [2.05, 4.69) is 4.98 Å². The standard InChI is InChI=1S/C12H16N2O3/c1-9(12(16)17)7-14(10(2)15)8-11-5-3-4-6-13-11/h3-6,9H,7-8H2,1-2H3,(H,16,17). The molecule has 1 aromatic heterocycles. The molecule has 0 aliphatic heterocycles. The van der Waals surface area contributed by atoms with Crippen molar-refractivity contribution in [3.8, 4) is 0 Å². The summed E-state index contributed by atoms with van der Waals surface area (Å²) in [5.74, 6) is -1.64. The lowest BCUT2D eigenvalue weighted by Gasteiger charge is -2.22. The van der Waals surface area contributed by atoms with Gasteiger partial charge in [0.1, 0.15) is 0 Å². The maximum atomic E-state index is 11.4. The average molecular weight is 236 g/mol. The Morgan fingerprint density at radius 1 is 1.47 bits per heavy atom. The van der Waals surface area contributed by atoms with Crippen LogP contribution in [-0.4, -0.2) is 33.4 Å². The molecule has 92 valence electrons. The predicted octanol–water partition coefficient (Wildman–Crippen LogP) is 1.15. The Morgan fingerprint density at radius 2 is 2.18 bits per heavy atom. The van der Waals surface area contributed by atoms with Crippen molar-refractivity contribution in [2.24, 2.45) is 5.92 Å². The van der Waals surface area contributed by atoms with Gasteiger partial charge in [-0.3, -0.25) is 14.6 Å². The summed E-state index contributed by atoms with van der Waals surface area (Å²) in [5.41, 5.74) is 0.750. The predicted molar refractivity (Wildman–Crippen MR) is 62.1 cm³/mol.